The molecule has 8 bridgehead atoms. The molecule has 0 amide bonds. The SMILES string of the molecule is C1CCOC1.C1CCOC1.C1CCOC1.C1CCOC1.C1CCOC1.CC(=O)/C=C(/C)[O-].CC(=O)/C=C(/C)[O-].CC(=O)/C=C(/C)[O-].CC(=O)/C=C(/C)[O-].CC(C)(C)c1cc2c([O-])c(c1)-c1cc(C(C)(C)C)cc(c1[O-])C=Nc1ccccc1N=Cc1cc(C(C)(C)C)cc(c1[O-])-c1cc(C(C)(C)C)cc(c1[O-])C=Nc1ccccc1N=C2.[U+4].[U+4]. The van der Waals surface area contributed by atoms with Crippen LogP contribution in [-0.4, -0.2) is 114 Å². The second kappa shape index (κ2) is 55.8. The number of ketones is 4. The third kappa shape index (κ3) is 43.8. The van der Waals surface area contributed by atoms with Crippen LogP contribution in [0, 0.1) is 62.2 Å². The van der Waals surface area contributed by atoms with Crippen LogP contribution in [0.1, 0.15) is 247 Å². The minimum Gasteiger partial charge on any atom is -0.876 e. The number of ether oxygens (including phenoxy) is 5. The van der Waals surface area contributed by atoms with Gasteiger partial charge in [-0.2, -0.15) is 0 Å². The summed E-state index contributed by atoms with van der Waals surface area (Å²) in [6.07, 6.45) is 23.1. The van der Waals surface area contributed by atoms with Gasteiger partial charge in [-0.15, -0.1) is 23.0 Å². The number of fused-ring (bicyclic) bond motifs is 12. The topological polar surface area (TPSA) is 348 Å². The number of allylic oxidation sites excluding steroid dienone is 8. The summed E-state index contributed by atoms with van der Waals surface area (Å²) >= 11 is 0. The molecule has 23 heteroatoms. The summed E-state index contributed by atoms with van der Waals surface area (Å²) < 4.78 is 24.7. The van der Waals surface area contributed by atoms with Crippen molar-refractivity contribution in [1.82, 2.24) is 0 Å². The van der Waals surface area contributed by atoms with E-state index in [4.69, 9.17) is 43.7 Å². The van der Waals surface area contributed by atoms with Gasteiger partial charge in [-0.25, -0.2) is 0 Å². The smallest absolute Gasteiger partial charge is 0.876 e. The van der Waals surface area contributed by atoms with Crippen molar-refractivity contribution in [2.24, 2.45) is 20.0 Å². The zero-order valence-electron chi connectivity index (χ0n) is 73.7. The molecule has 0 spiro atoms. The Balaban J connectivity index is 0.00000102. The van der Waals surface area contributed by atoms with E-state index in [0.29, 0.717) is 45.0 Å². The van der Waals surface area contributed by atoms with Gasteiger partial charge in [0, 0.05) is 90.9 Å². The zero-order chi connectivity index (χ0) is 87.6. The molecule has 5 fully saturated rings. The van der Waals surface area contributed by atoms with Gasteiger partial charge in [0.05, 0.1) is 22.7 Å². The predicted octanol–water partition coefficient (Wildman–Crippen LogP) is 15.2. The molecule has 6 aromatic rings. The molecule has 0 saturated carbocycles. The van der Waals surface area contributed by atoms with E-state index >= 15 is 0 Å². The van der Waals surface area contributed by atoms with Crippen molar-refractivity contribution in [1.29, 1.82) is 0 Å². The summed E-state index contributed by atoms with van der Waals surface area (Å²) in [5.41, 5.74) is 6.12. The molecule has 119 heavy (non-hydrogen) atoms. The van der Waals surface area contributed by atoms with Crippen LogP contribution in [0.25, 0.3) is 22.3 Å². The molecular weight excluding hydrogens is 1960 g/mol. The van der Waals surface area contributed by atoms with Crippen molar-refractivity contribution < 1.29 is 146 Å². The van der Waals surface area contributed by atoms with Crippen molar-refractivity contribution in [2.45, 2.75) is 224 Å². The molecule has 0 aliphatic carbocycles. The Kier molecular flexibility index (Phi) is 51.1. The molecule has 6 aliphatic rings. The number of nitrogens with zero attached hydrogens (tertiary/aromatic N) is 4. The average molecular weight is 2080 g/mol. The Morgan fingerprint density at radius 2 is 0.437 bits per heavy atom. The first kappa shape index (κ1) is 109. The average Bonchev–Trinajstić information content (AvgIpc) is 0.932. The number of carbonyl (C=O) groups excluding carboxylic acids is 4. The fourth-order valence-electron chi connectivity index (χ4n) is 11.1. The van der Waals surface area contributed by atoms with Crippen molar-refractivity contribution >= 4 is 70.7 Å². The van der Waals surface area contributed by atoms with E-state index in [1.807, 2.05) is 72.8 Å². The Morgan fingerprint density at radius 1 is 0.286 bits per heavy atom. The largest absolute Gasteiger partial charge is 4.00 e. The maximum absolute atomic E-state index is 14.6. The fraction of sp³-hybridized carbons (Fsp3) is 0.458. The van der Waals surface area contributed by atoms with Crippen LogP contribution in [0.2, 0.25) is 0 Å². The quantitative estimate of drug-likeness (QED) is 0.117. The predicted molar refractivity (Wildman–Crippen MR) is 456 cm³/mol. The Bertz CT molecular complexity index is 3810. The standard InChI is InChI=1S/C56H60N4O4.4C5H8O2.5C4H8O.2U/c1-53(2,3)37-21-33-29-57-45-17-13-14-18-46(45)59-31-35-23-39(55(7,8)9)27-43(51(35)63)44-28-40(56(10,11)12)24-36(52(44)64)32-60-48-20-16-15-19-47(48)58-30-34-22-38(54(4,5)6)26-42(50(34)62)41(25-37)49(33)61;4*1-4(6)3-5(2)7;5*1-2-4-5-3-1;;/h13-32,61-64H,1-12H3;4*3,6H,1-2H3;5*1-4H2;;/q;;;;;;;;;;2*+4/p-8/b;4*4-3-;;;;;;;. The summed E-state index contributed by atoms with van der Waals surface area (Å²) in [7, 11) is 0. The van der Waals surface area contributed by atoms with Crippen molar-refractivity contribution in [3.63, 3.8) is 0 Å². The van der Waals surface area contributed by atoms with Gasteiger partial charge in [0.2, 0.25) is 0 Å². The van der Waals surface area contributed by atoms with E-state index in [-0.39, 0.29) is 175 Å². The van der Waals surface area contributed by atoms with Crippen molar-refractivity contribution in [3.8, 4) is 45.3 Å². The number of rotatable bonds is 4. The van der Waals surface area contributed by atoms with Crippen LogP contribution in [0.3, 0.4) is 0 Å². The van der Waals surface area contributed by atoms with Crippen LogP contribution < -0.4 is 40.9 Å². The monoisotopic (exact) mass is 2080 g/mol. The van der Waals surface area contributed by atoms with E-state index in [2.05, 4.69) is 83.1 Å². The van der Waals surface area contributed by atoms with Gasteiger partial charge in [-0.1, -0.05) is 207 Å². The molecule has 6 heterocycles. The summed E-state index contributed by atoms with van der Waals surface area (Å²) in [6, 6.07) is 29.1. The Morgan fingerprint density at radius 3 is 0.538 bits per heavy atom. The first-order chi connectivity index (χ1) is 54.9. The maximum atomic E-state index is 14.6. The first-order valence-electron chi connectivity index (χ1n) is 40.0. The van der Waals surface area contributed by atoms with Gasteiger partial charge in [0.15, 0.2) is 23.1 Å². The summed E-state index contributed by atoms with van der Waals surface area (Å²) in [6.45, 7) is 45.5. The van der Waals surface area contributed by atoms with E-state index in [0.717, 1.165) is 113 Å². The van der Waals surface area contributed by atoms with E-state index < -0.39 is 0 Å². The molecule has 638 valence electrons. The van der Waals surface area contributed by atoms with Gasteiger partial charge in [0.1, 0.15) is 0 Å². The van der Waals surface area contributed by atoms with Crippen molar-refractivity contribution in [2.75, 3.05) is 66.1 Å². The van der Waals surface area contributed by atoms with Crippen LogP contribution in [0.5, 0.6) is 23.0 Å². The Hall–Kier alpha value is -8.06. The normalized spacial score (nSPS) is 14.9. The van der Waals surface area contributed by atoms with Crippen molar-refractivity contribution in [3.05, 3.63) is 189 Å². The molecule has 6 aromatic carbocycles. The minimum atomic E-state index is -0.382. The van der Waals surface area contributed by atoms with Crippen LogP contribution in [0.4, 0.5) is 22.7 Å². The van der Waals surface area contributed by atoms with Gasteiger partial charge in [-0.3, -0.25) is 39.1 Å². The molecule has 0 radical (unpaired) electrons. The molecule has 0 aromatic heterocycles. The summed E-state index contributed by atoms with van der Waals surface area (Å²) in [5, 5.41) is 98.3. The zero-order valence-corrected chi connectivity index (χ0v) is 82.1. The number of hydrogen-bond donors (Lipinski definition) is 0. The summed E-state index contributed by atoms with van der Waals surface area (Å²) in [5.74, 6) is -2.85. The van der Waals surface area contributed by atoms with E-state index in [9.17, 15) is 60.0 Å². The molecule has 12 rings (SSSR count). The molecule has 0 atom stereocenters. The molecule has 21 nitrogen and oxygen atoms in total. The number of carbonyl (C=O) groups is 4. The van der Waals surface area contributed by atoms with Crippen LogP contribution in [-0.2, 0) is 64.5 Å². The van der Waals surface area contributed by atoms with E-state index in [1.165, 1.54) is 144 Å². The number of benzene rings is 6. The summed E-state index contributed by atoms with van der Waals surface area (Å²) in [4.78, 5) is 59.2. The van der Waals surface area contributed by atoms with Gasteiger partial charge in [-0.05, 0) is 229 Å². The second-order valence-electron chi connectivity index (χ2n) is 32.8. The number of aliphatic imine (C=N–C) groups is 4. The fourth-order valence-corrected chi connectivity index (χ4v) is 11.1. The van der Waals surface area contributed by atoms with E-state index in [1.54, 1.807) is 24.3 Å². The Labute approximate surface area is 755 Å². The number of hydrogen-bond acceptors (Lipinski definition) is 21. The minimum absolute atomic E-state index is 0. The van der Waals surface area contributed by atoms with Gasteiger partial charge >= 0.3 is 62.2 Å². The maximum Gasteiger partial charge on any atom is 4.00 e. The van der Waals surface area contributed by atoms with Crippen LogP contribution in [0.15, 0.2) is 164 Å². The third-order valence-corrected chi connectivity index (χ3v) is 17.4. The third-order valence-electron chi connectivity index (χ3n) is 17.4. The molecular formula is C96H124N4O17U2. The van der Waals surface area contributed by atoms with Gasteiger partial charge < -0.3 is 64.5 Å². The second-order valence-corrected chi connectivity index (χ2v) is 32.8. The molecule has 0 unspecified atom stereocenters. The number of para-hydroxylation sites is 4. The molecule has 6 aliphatic heterocycles. The molecule has 5 saturated heterocycles. The first-order valence-corrected chi connectivity index (χ1v) is 40.0. The molecule has 0 N–H and O–H groups in total. The van der Waals surface area contributed by atoms with Gasteiger partial charge in [0.25, 0.3) is 0 Å². The van der Waals surface area contributed by atoms with Crippen LogP contribution >= 0.6 is 0 Å².